The van der Waals surface area contributed by atoms with Crippen molar-refractivity contribution in [2.45, 2.75) is 26.2 Å². The molecule has 0 radical (unpaired) electrons. The van der Waals surface area contributed by atoms with Crippen LogP contribution in [0.4, 0.5) is 17.6 Å². The predicted octanol–water partition coefficient (Wildman–Crippen LogP) is 3.88. The van der Waals surface area contributed by atoms with Gasteiger partial charge < -0.3 is 19.3 Å². The van der Waals surface area contributed by atoms with E-state index in [1.807, 2.05) is 0 Å². The highest BCUT2D eigenvalue weighted by Crippen LogP contribution is 2.21. The van der Waals surface area contributed by atoms with Gasteiger partial charge in [0, 0.05) is 36.8 Å². The molecule has 2 aromatic rings. The molecule has 0 aliphatic carbocycles. The molecule has 1 aliphatic heterocycles. The van der Waals surface area contributed by atoms with E-state index in [1.54, 1.807) is 16.7 Å². The van der Waals surface area contributed by atoms with Gasteiger partial charge in [0.2, 0.25) is 0 Å². The van der Waals surface area contributed by atoms with Crippen molar-refractivity contribution >= 4 is 11.8 Å². The maximum absolute atomic E-state index is 12.8. The quantitative estimate of drug-likeness (QED) is 0.640. The molecule has 0 spiro atoms. The Kier molecular flexibility index (Phi) is 6.98. The van der Waals surface area contributed by atoms with E-state index in [0.29, 0.717) is 11.1 Å². The van der Waals surface area contributed by atoms with Crippen LogP contribution in [0, 0.1) is 0 Å². The molecule has 0 saturated carbocycles. The van der Waals surface area contributed by atoms with Crippen LogP contribution >= 0.6 is 0 Å². The van der Waals surface area contributed by atoms with Gasteiger partial charge in [-0.15, -0.1) is 0 Å². The summed E-state index contributed by atoms with van der Waals surface area (Å²) in [6.45, 7) is -3.23. The summed E-state index contributed by atoms with van der Waals surface area (Å²) in [5, 5.41) is 0. The zero-order valence-electron chi connectivity index (χ0n) is 16.5. The highest BCUT2D eigenvalue weighted by Gasteiger charge is 2.30. The average molecular weight is 440 g/mol. The molecule has 6 nitrogen and oxygen atoms in total. The van der Waals surface area contributed by atoms with Crippen LogP contribution in [0.3, 0.4) is 0 Å². The van der Waals surface area contributed by atoms with Crippen molar-refractivity contribution in [1.29, 1.82) is 0 Å². The molecule has 0 bridgehead atoms. The topological polar surface area (TPSA) is 59.1 Å². The second-order valence-corrected chi connectivity index (χ2v) is 6.90. The smallest absolute Gasteiger partial charge is 0.387 e. The van der Waals surface area contributed by atoms with E-state index < -0.39 is 13.2 Å². The molecule has 3 rings (SSSR count). The van der Waals surface area contributed by atoms with Gasteiger partial charge in [0.25, 0.3) is 11.8 Å². The first-order valence-corrected chi connectivity index (χ1v) is 9.44. The number of ether oxygens (including phenoxy) is 2. The number of piperazine rings is 1. The molecular formula is C21H20F4N2O4. The van der Waals surface area contributed by atoms with E-state index in [2.05, 4.69) is 9.47 Å². The fraction of sp³-hybridized carbons (Fsp3) is 0.333. The zero-order chi connectivity index (χ0) is 22.5. The summed E-state index contributed by atoms with van der Waals surface area (Å²) in [4.78, 5) is 28.7. The molecule has 0 N–H and O–H groups in total. The van der Waals surface area contributed by atoms with Crippen LogP contribution in [-0.4, -0.2) is 60.5 Å². The third-order valence-electron chi connectivity index (χ3n) is 4.83. The Bertz CT molecular complexity index is 907. The molecule has 10 heteroatoms. The van der Waals surface area contributed by atoms with Crippen molar-refractivity contribution < 1.29 is 36.6 Å². The Balaban J connectivity index is 1.60. The van der Waals surface area contributed by atoms with Crippen LogP contribution in [0.15, 0.2) is 48.5 Å². The number of halogens is 4. The van der Waals surface area contributed by atoms with Gasteiger partial charge in [-0.25, -0.2) is 0 Å². The fourth-order valence-corrected chi connectivity index (χ4v) is 3.35. The fourth-order valence-electron chi connectivity index (χ4n) is 3.35. The summed E-state index contributed by atoms with van der Waals surface area (Å²) in [6, 6.07) is 10.5. The van der Waals surface area contributed by atoms with Crippen LogP contribution in [0.2, 0.25) is 0 Å². The Morgan fingerprint density at radius 3 is 1.68 bits per heavy atom. The first-order valence-electron chi connectivity index (χ1n) is 9.44. The second-order valence-electron chi connectivity index (χ2n) is 6.90. The number of alkyl halides is 4. The van der Waals surface area contributed by atoms with Gasteiger partial charge >= 0.3 is 13.2 Å². The summed E-state index contributed by atoms with van der Waals surface area (Å²) < 4.78 is 57.5. The van der Waals surface area contributed by atoms with E-state index in [-0.39, 0.29) is 49.0 Å². The molecule has 1 fully saturated rings. The number of rotatable bonds is 6. The Labute approximate surface area is 175 Å². The first-order chi connectivity index (χ1) is 14.7. The lowest BCUT2D eigenvalue weighted by molar-refractivity contribution is -0.0505. The van der Waals surface area contributed by atoms with Gasteiger partial charge in [0.15, 0.2) is 0 Å². The van der Waals surface area contributed by atoms with Gasteiger partial charge in [-0.05, 0) is 55.5 Å². The molecule has 166 valence electrons. The Morgan fingerprint density at radius 1 is 0.806 bits per heavy atom. The van der Waals surface area contributed by atoms with E-state index in [9.17, 15) is 27.2 Å². The predicted molar refractivity (Wildman–Crippen MR) is 103 cm³/mol. The second kappa shape index (κ2) is 9.67. The molecule has 0 unspecified atom stereocenters. The zero-order valence-corrected chi connectivity index (χ0v) is 16.5. The number of amides is 2. The molecule has 2 amide bonds. The van der Waals surface area contributed by atoms with Crippen LogP contribution < -0.4 is 9.47 Å². The highest BCUT2D eigenvalue weighted by atomic mass is 19.3. The van der Waals surface area contributed by atoms with E-state index in [1.165, 1.54) is 48.5 Å². The monoisotopic (exact) mass is 440 g/mol. The van der Waals surface area contributed by atoms with Gasteiger partial charge in [-0.1, -0.05) is 0 Å². The van der Waals surface area contributed by atoms with Gasteiger partial charge in [-0.3, -0.25) is 9.59 Å². The number of carbonyl (C=O) groups is 2. The van der Waals surface area contributed by atoms with Crippen molar-refractivity contribution in [1.82, 2.24) is 9.80 Å². The Hall–Kier alpha value is -3.30. The molecule has 2 aromatic carbocycles. The molecule has 31 heavy (non-hydrogen) atoms. The largest absolute Gasteiger partial charge is 0.435 e. The van der Waals surface area contributed by atoms with Gasteiger partial charge in [-0.2, -0.15) is 17.6 Å². The van der Waals surface area contributed by atoms with Crippen LogP contribution in [0.1, 0.15) is 27.6 Å². The molecule has 1 heterocycles. The number of hydrogen-bond acceptors (Lipinski definition) is 4. The number of benzene rings is 2. The summed E-state index contributed by atoms with van der Waals surface area (Å²) in [5.41, 5.74) is 0.645. The van der Waals surface area contributed by atoms with Crippen LogP contribution in [-0.2, 0) is 0 Å². The lowest BCUT2D eigenvalue weighted by Gasteiger charge is -2.40. The summed E-state index contributed by atoms with van der Waals surface area (Å²) in [6.07, 6.45) is 0. The Morgan fingerprint density at radius 2 is 1.26 bits per heavy atom. The summed E-state index contributed by atoms with van der Waals surface area (Å²) in [7, 11) is 0. The lowest BCUT2D eigenvalue weighted by Crippen LogP contribution is -2.55. The van der Waals surface area contributed by atoms with E-state index in [4.69, 9.17) is 0 Å². The van der Waals surface area contributed by atoms with Crippen LogP contribution in [0.25, 0.3) is 0 Å². The van der Waals surface area contributed by atoms with E-state index >= 15 is 0 Å². The number of carbonyl (C=O) groups excluding carboxylic acids is 2. The maximum atomic E-state index is 12.8. The SMILES string of the molecule is C[C@H]1CN(C(=O)c2ccc(OC(F)F)cc2)CCN1C(=O)c1ccc(OC(F)F)cc1. The van der Waals surface area contributed by atoms with Gasteiger partial charge in [0.05, 0.1) is 0 Å². The molecular weight excluding hydrogens is 420 g/mol. The van der Waals surface area contributed by atoms with Crippen molar-refractivity contribution in [3.8, 4) is 11.5 Å². The minimum absolute atomic E-state index is 0.0414. The van der Waals surface area contributed by atoms with Gasteiger partial charge in [0.1, 0.15) is 11.5 Å². The minimum Gasteiger partial charge on any atom is -0.435 e. The first kappa shape index (κ1) is 22.4. The van der Waals surface area contributed by atoms with Crippen molar-refractivity contribution in [2.24, 2.45) is 0 Å². The van der Waals surface area contributed by atoms with Crippen molar-refractivity contribution in [3.05, 3.63) is 59.7 Å². The average Bonchev–Trinajstić information content (AvgIpc) is 2.73. The summed E-state index contributed by atoms with van der Waals surface area (Å²) >= 11 is 0. The molecule has 1 aliphatic rings. The van der Waals surface area contributed by atoms with E-state index in [0.717, 1.165) is 0 Å². The van der Waals surface area contributed by atoms with Crippen LogP contribution in [0.5, 0.6) is 11.5 Å². The minimum atomic E-state index is -2.94. The summed E-state index contributed by atoms with van der Waals surface area (Å²) in [5.74, 6) is -0.645. The number of hydrogen-bond donors (Lipinski definition) is 0. The van der Waals surface area contributed by atoms with Crippen molar-refractivity contribution in [3.63, 3.8) is 0 Å². The molecule has 1 saturated heterocycles. The maximum Gasteiger partial charge on any atom is 0.387 e. The number of nitrogens with zero attached hydrogens (tertiary/aromatic N) is 2. The molecule has 0 aromatic heterocycles. The standard InChI is InChI=1S/C21H20F4N2O4/c1-13-12-26(18(28)14-2-6-16(7-3-14)30-20(22)23)10-11-27(13)19(29)15-4-8-17(9-5-15)31-21(24)25/h2-9,13,20-21H,10-12H2,1H3/t13-/m0/s1. The van der Waals surface area contributed by atoms with Crippen molar-refractivity contribution in [2.75, 3.05) is 19.6 Å². The molecule has 1 atom stereocenters. The third kappa shape index (κ3) is 5.65. The third-order valence-corrected chi connectivity index (χ3v) is 4.83. The lowest BCUT2D eigenvalue weighted by atomic mass is 10.1. The highest BCUT2D eigenvalue weighted by molar-refractivity contribution is 5.96. The normalized spacial score (nSPS) is 16.5.